The van der Waals surface area contributed by atoms with Crippen LogP contribution in [0.4, 0.5) is 5.69 Å². The molecule has 0 bridgehead atoms. The molecule has 1 amide bonds. The standard InChI is InChI=1S/C15H12BrClN2O2S/c1-21-13-6-5-11(8-12(13)17)18-15(22)19-14(20)9-3-2-4-10(16)7-9/h2-8H,1H3,(H2,18,19,20,22). The Kier molecular flexibility index (Phi) is 5.76. The summed E-state index contributed by atoms with van der Waals surface area (Å²) in [6, 6.07) is 12.2. The average molecular weight is 400 g/mol. The lowest BCUT2D eigenvalue weighted by atomic mass is 10.2. The highest BCUT2D eigenvalue weighted by molar-refractivity contribution is 9.10. The van der Waals surface area contributed by atoms with Crippen molar-refractivity contribution in [3.8, 4) is 5.75 Å². The van der Waals surface area contributed by atoms with E-state index < -0.39 is 0 Å². The predicted molar refractivity (Wildman–Crippen MR) is 95.8 cm³/mol. The molecule has 114 valence electrons. The SMILES string of the molecule is COc1ccc(NC(=S)NC(=O)c2cccc(Br)c2)cc1Cl. The Morgan fingerprint density at radius 2 is 2.05 bits per heavy atom. The van der Waals surface area contributed by atoms with Crippen LogP contribution in [0.15, 0.2) is 46.9 Å². The van der Waals surface area contributed by atoms with Crippen molar-refractivity contribution in [1.82, 2.24) is 5.32 Å². The summed E-state index contributed by atoms with van der Waals surface area (Å²) in [4.78, 5) is 12.1. The largest absolute Gasteiger partial charge is 0.495 e. The molecule has 0 aromatic heterocycles. The minimum absolute atomic E-state index is 0.186. The summed E-state index contributed by atoms with van der Waals surface area (Å²) in [5.74, 6) is 0.273. The molecule has 0 aliphatic carbocycles. The molecule has 0 saturated heterocycles. The lowest BCUT2D eigenvalue weighted by Crippen LogP contribution is -2.34. The fraction of sp³-hybridized carbons (Fsp3) is 0.0667. The normalized spacial score (nSPS) is 9.95. The summed E-state index contributed by atoms with van der Waals surface area (Å²) in [5.41, 5.74) is 1.16. The Morgan fingerprint density at radius 3 is 2.68 bits per heavy atom. The fourth-order valence-corrected chi connectivity index (χ4v) is 2.58. The molecule has 2 aromatic carbocycles. The van der Waals surface area contributed by atoms with E-state index >= 15 is 0 Å². The Balaban J connectivity index is 2.01. The Hall–Kier alpha value is -1.63. The number of amides is 1. The van der Waals surface area contributed by atoms with E-state index in [4.69, 9.17) is 28.6 Å². The van der Waals surface area contributed by atoms with Gasteiger partial charge in [0.2, 0.25) is 0 Å². The van der Waals surface area contributed by atoms with Gasteiger partial charge in [-0.3, -0.25) is 10.1 Å². The molecule has 2 rings (SSSR count). The van der Waals surface area contributed by atoms with Gasteiger partial charge in [-0.05, 0) is 48.6 Å². The van der Waals surface area contributed by atoms with Crippen LogP contribution in [0.3, 0.4) is 0 Å². The fourth-order valence-electron chi connectivity index (χ4n) is 1.71. The average Bonchev–Trinajstić information content (AvgIpc) is 2.47. The molecule has 4 nitrogen and oxygen atoms in total. The highest BCUT2D eigenvalue weighted by Crippen LogP contribution is 2.27. The number of benzene rings is 2. The molecular weight excluding hydrogens is 388 g/mol. The first kappa shape index (κ1) is 16.7. The highest BCUT2D eigenvalue weighted by atomic mass is 79.9. The van der Waals surface area contributed by atoms with Crippen LogP contribution in [-0.4, -0.2) is 18.1 Å². The van der Waals surface area contributed by atoms with E-state index in [0.29, 0.717) is 22.0 Å². The van der Waals surface area contributed by atoms with Crippen LogP contribution in [0.1, 0.15) is 10.4 Å². The molecule has 7 heteroatoms. The van der Waals surface area contributed by atoms with Gasteiger partial charge in [0.25, 0.3) is 5.91 Å². The number of carbonyl (C=O) groups is 1. The quantitative estimate of drug-likeness (QED) is 0.758. The Labute approximate surface area is 146 Å². The van der Waals surface area contributed by atoms with Crippen LogP contribution in [-0.2, 0) is 0 Å². The number of hydrogen-bond acceptors (Lipinski definition) is 3. The van der Waals surface area contributed by atoms with Crippen LogP contribution in [0, 0.1) is 0 Å². The molecule has 22 heavy (non-hydrogen) atoms. The molecule has 0 aliphatic heterocycles. The van der Waals surface area contributed by atoms with E-state index in [9.17, 15) is 4.79 Å². The van der Waals surface area contributed by atoms with E-state index in [1.807, 2.05) is 6.07 Å². The number of nitrogens with one attached hydrogen (secondary N) is 2. The minimum Gasteiger partial charge on any atom is -0.495 e. The predicted octanol–water partition coefficient (Wildman–Crippen LogP) is 4.24. The minimum atomic E-state index is -0.293. The summed E-state index contributed by atoms with van der Waals surface area (Å²) in [5, 5.41) is 6.14. The first-order chi connectivity index (χ1) is 10.5. The van der Waals surface area contributed by atoms with Gasteiger partial charge in [0.15, 0.2) is 5.11 Å². The summed E-state index contributed by atoms with van der Waals surface area (Å²) in [6.45, 7) is 0. The third-order valence-electron chi connectivity index (χ3n) is 2.72. The second-order valence-electron chi connectivity index (χ2n) is 4.27. The maximum atomic E-state index is 12.1. The molecular formula is C15H12BrClN2O2S. The van der Waals surface area contributed by atoms with Gasteiger partial charge in [0.05, 0.1) is 12.1 Å². The van der Waals surface area contributed by atoms with Gasteiger partial charge in [0, 0.05) is 15.7 Å². The highest BCUT2D eigenvalue weighted by Gasteiger charge is 2.09. The molecule has 0 radical (unpaired) electrons. The van der Waals surface area contributed by atoms with Crippen LogP contribution in [0.25, 0.3) is 0 Å². The molecule has 0 heterocycles. The molecule has 0 unspecified atom stereocenters. The lowest BCUT2D eigenvalue weighted by molar-refractivity contribution is 0.0977. The first-order valence-corrected chi connectivity index (χ1v) is 7.79. The molecule has 2 N–H and O–H groups in total. The number of carbonyl (C=O) groups excluding carboxylic acids is 1. The van der Waals surface area contributed by atoms with Crippen molar-refractivity contribution < 1.29 is 9.53 Å². The van der Waals surface area contributed by atoms with Crippen molar-refractivity contribution in [2.24, 2.45) is 0 Å². The Morgan fingerprint density at radius 1 is 1.27 bits per heavy atom. The van der Waals surface area contributed by atoms with Crippen molar-refractivity contribution in [2.75, 3.05) is 12.4 Å². The number of anilines is 1. The topological polar surface area (TPSA) is 50.4 Å². The maximum absolute atomic E-state index is 12.1. The first-order valence-electron chi connectivity index (χ1n) is 6.21. The summed E-state index contributed by atoms with van der Waals surface area (Å²) in [6.07, 6.45) is 0. The third kappa shape index (κ3) is 4.43. The van der Waals surface area contributed by atoms with Gasteiger partial charge < -0.3 is 10.1 Å². The van der Waals surface area contributed by atoms with E-state index in [0.717, 1.165) is 4.47 Å². The van der Waals surface area contributed by atoms with Gasteiger partial charge in [0.1, 0.15) is 5.75 Å². The van der Waals surface area contributed by atoms with E-state index in [1.54, 1.807) is 36.4 Å². The van der Waals surface area contributed by atoms with Gasteiger partial charge in [-0.2, -0.15) is 0 Å². The lowest BCUT2D eigenvalue weighted by Gasteiger charge is -2.11. The van der Waals surface area contributed by atoms with Crippen molar-refractivity contribution in [3.63, 3.8) is 0 Å². The number of methoxy groups -OCH3 is 1. The summed E-state index contributed by atoms with van der Waals surface area (Å²) in [7, 11) is 1.54. The van der Waals surface area contributed by atoms with Gasteiger partial charge >= 0.3 is 0 Å². The van der Waals surface area contributed by atoms with E-state index in [1.165, 1.54) is 7.11 Å². The number of hydrogen-bond donors (Lipinski definition) is 2. The molecule has 0 aliphatic rings. The zero-order valence-corrected chi connectivity index (χ0v) is 14.7. The zero-order valence-electron chi connectivity index (χ0n) is 11.5. The van der Waals surface area contributed by atoms with Crippen molar-refractivity contribution in [3.05, 3.63) is 57.5 Å². The van der Waals surface area contributed by atoms with Crippen molar-refractivity contribution in [1.29, 1.82) is 0 Å². The van der Waals surface area contributed by atoms with Crippen LogP contribution < -0.4 is 15.4 Å². The molecule has 0 saturated carbocycles. The maximum Gasteiger partial charge on any atom is 0.257 e. The third-order valence-corrected chi connectivity index (χ3v) is 3.72. The van der Waals surface area contributed by atoms with Crippen LogP contribution in [0.2, 0.25) is 5.02 Å². The molecule has 0 fully saturated rings. The summed E-state index contributed by atoms with van der Waals surface area (Å²) >= 11 is 14.5. The second-order valence-corrected chi connectivity index (χ2v) is 6.00. The van der Waals surface area contributed by atoms with Gasteiger partial charge in [-0.15, -0.1) is 0 Å². The number of halogens is 2. The second kappa shape index (κ2) is 7.58. The van der Waals surface area contributed by atoms with Crippen molar-refractivity contribution >= 4 is 56.5 Å². The number of ether oxygens (including phenoxy) is 1. The number of thiocarbonyl (C=S) groups is 1. The van der Waals surface area contributed by atoms with Gasteiger partial charge in [-0.25, -0.2) is 0 Å². The van der Waals surface area contributed by atoms with E-state index in [-0.39, 0.29) is 11.0 Å². The van der Waals surface area contributed by atoms with Crippen molar-refractivity contribution in [2.45, 2.75) is 0 Å². The van der Waals surface area contributed by atoms with E-state index in [2.05, 4.69) is 26.6 Å². The summed E-state index contributed by atoms with van der Waals surface area (Å²) < 4.78 is 5.89. The smallest absolute Gasteiger partial charge is 0.257 e. The van der Waals surface area contributed by atoms with Gasteiger partial charge in [-0.1, -0.05) is 33.6 Å². The zero-order chi connectivity index (χ0) is 16.1. The molecule has 2 aromatic rings. The molecule has 0 atom stereocenters. The Bertz CT molecular complexity index is 724. The molecule has 0 spiro atoms. The van der Waals surface area contributed by atoms with Crippen LogP contribution >= 0.6 is 39.7 Å². The van der Waals surface area contributed by atoms with Crippen LogP contribution in [0.5, 0.6) is 5.75 Å². The number of rotatable bonds is 3. The monoisotopic (exact) mass is 398 g/mol.